The molecule has 0 saturated heterocycles. The summed E-state index contributed by atoms with van der Waals surface area (Å²) >= 11 is 6.25. The predicted octanol–water partition coefficient (Wildman–Crippen LogP) is 3.02. The van der Waals surface area contributed by atoms with E-state index in [-0.39, 0.29) is 4.90 Å². The zero-order chi connectivity index (χ0) is 21.9. The molecule has 0 N–H and O–H groups in total. The maximum absolute atomic E-state index is 11.9. The molecule has 3 rings (SSSR count). The number of ether oxygens (including phenoxy) is 1. The highest BCUT2D eigenvalue weighted by atomic mass is 35.5. The van der Waals surface area contributed by atoms with Gasteiger partial charge in [-0.2, -0.15) is 5.10 Å². The fourth-order valence-electron chi connectivity index (χ4n) is 2.93. The van der Waals surface area contributed by atoms with Crippen LogP contribution in [0.1, 0.15) is 6.42 Å². The molecule has 0 amide bonds. The molecule has 1 aromatic carbocycles. The fourth-order valence-corrected chi connectivity index (χ4v) is 3.84. The molecule has 0 spiro atoms. The molecule has 0 bridgehead atoms. The standard InChI is InChI=1S/C20H24ClN5O3S/c1-25(2)9-6-10-26-19(15-12-17(21)20(29-3)22-13-15)23-18(24-26)14-7-5-8-16(11-14)30(4,27)28/h5,7-8,11-13H,6,9-10H2,1-4H3. The molecule has 0 radical (unpaired) electrons. The van der Waals surface area contributed by atoms with Gasteiger partial charge >= 0.3 is 0 Å². The summed E-state index contributed by atoms with van der Waals surface area (Å²) in [6.45, 7) is 1.52. The number of halogens is 1. The van der Waals surface area contributed by atoms with Gasteiger partial charge in [-0.1, -0.05) is 23.7 Å². The maximum Gasteiger partial charge on any atom is 0.232 e. The van der Waals surface area contributed by atoms with Gasteiger partial charge in [-0.05, 0) is 45.3 Å². The molecular formula is C20H24ClN5O3S. The number of aryl methyl sites for hydroxylation is 1. The fraction of sp³-hybridized carbons (Fsp3) is 0.350. The first-order valence-corrected chi connectivity index (χ1v) is 11.6. The van der Waals surface area contributed by atoms with Crippen LogP contribution in [0.2, 0.25) is 5.02 Å². The molecule has 0 unspecified atom stereocenters. The monoisotopic (exact) mass is 449 g/mol. The summed E-state index contributed by atoms with van der Waals surface area (Å²) in [4.78, 5) is 11.2. The number of hydrogen-bond acceptors (Lipinski definition) is 7. The van der Waals surface area contributed by atoms with Crippen LogP contribution in [0.25, 0.3) is 22.8 Å². The van der Waals surface area contributed by atoms with Crippen LogP contribution >= 0.6 is 11.6 Å². The van der Waals surface area contributed by atoms with Gasteiger partial charge in [-0.3, -0.25) is 0 Å². The average Bonchev–Trinajstić information content (AvgIpc) is 3.11. The molecule has 0 saturated carbocycles. The van der Waals surface area contributed by atoms with Crippen molar-refractivity contribution in [1.82, 2.24) is 24.6 Å². The van der Waals surface area contributed by atoms with Crippen molar-refractivity contribution in [1.29, 1.82) is 0 Å². The van der Waals surface area contributed by atoms with Crippen LogP contribution in [-0.4, -0.2) is 67.1 Å². The molecule has 10 heteroatoms. The third-order valence-electron chi connectivity index (χ3n) is 4.43. The van der Waals surface area contributed by atoms with E-state index in [1.54, 1.807) is 41.2 Å². The zero-order valence-electron chi connectivity index (χ0n) is 17.3. The Hall–Kier alpha value is -2.49. The zero-order valence-corrected chi connectivity index (χ0v) is 18.9. The quantitative estimate of drug-likeness (QED) is 0.522. The Morgan fingerprint density at radius 3 is 2.60 bits per heavy atom. The molecule has 0 atom stereocenters. The van der Waals surface area contributed by atoms with Crippen LogP contribution in [0, 0.1) is 0 Å². The number of rotatable bonds is 8. The van der Waals surface area contributed by atoms with Gasteiger partial charge in [0, 0.05) is 30.1 Å². The van der Waals surface area contributed by atoms with E-state index in [9.17, 15) is 8.42 Å². The summed E-state index contributed by atoms with van der Waals surface area (Å²) < 4.78 is 30.8. The van der Waals surface area contributed by atoms with Crippen LogP contribution in [-0.2, 0) is 16.4 Å². The number of benzene rings is 1. The summed E-state index contributed by atoms with van der Waals surface area (Å²) in [5, 5.41) is 5.01. The lowest BCUT2D eigenvalue weighted by molar-refractivity contribution is 0.381. The second-order valence-corrected chi connectivity index (χ2v) is 9.58. The van der Waals surface area contributed by atoms with Gasteiger partial charge in [0.15, 0.2) is 21.5 Å². The summed E-state index contributed by atoms with van der Waals surface area (Å²) in [5.74, 6) is 1.37. The summed E-state index contributed by atoms with van der Waals surface area (Å²) in [7, 11) is 2.19. The highest BCUT2D eigenvalue weighted by molar-refractivity contribution is 7.90. The molecule has 0 aliphatic carbocycles. The Kier molecular flexibility index (Phi) is 6.74. The van der Waals surface area contributed by atoms with E-state index in [1.807, 2.05) is 14.1 Å². The molecule has 3 aromatic rings. The van der Waals surface area contributed by atoms with Crippen molar-refractivity contribution in [3.63, 3.8) is 0 Å². The van der Waals surface area contributed by atoms with Crippen molar-refractivity contribution in [2.24, 2.45) is 0 Å². The summed E-state index contributed by atoms with van der Waals surface area (Å²) in [6.07, 6.45) is 3.67. The van der Waals surface area contributed by atoms with E-state index in [1.165, 1.54) is 13.4 Å². The molecule has 2 aromatic heterocycles. The third kappa shape index (κ3) is 5.16. The molecule has 30 heavy (non-hydrogen) atoms. The highest BCUT2D eigenvalue weighted by Gasteiger charge is 2.17. The van der Waals surface area contributed by atoms with Gasteiger partial charge in [0.05, 0.1) is 12.0 Å². The summed E-state index contributed by atoms with van der Waals surface area (Å²) in [6, 6.07) is 8.34. The van der Waals surface area contributed by atoms with Gasteiger partial charge in [0.25, 0.3) is 0 Å². The van der Waals surface area contributed by atoms with Crippen molar-refractivity contribution in [2.45, 2.75) is 17.9 Å². The first-order chi connectivity index (χ1) is 14.2. The van der Waals surface area contributed by atoms with Crippen molar-refractivity contribution in [3.8, 4) is 28.7 Å². The Balaban J connectivity index is 2.05. The Morgan fingerprint density at radius 2 is 1.97 bits per heavy atom. The Morgan fingerprint density at radius 1 is 1.20 bits per heavy atom. The lowest BCUT2D eigenvalue weighted by Crippen LogP contribution is -2.15. The topological polar surface area (TPSA) is 90.2 Å². The number of sulfone groups is 1. The molecule has 0 aliphatic rings. The lowest BCUT2D eigenvalue weighted by Gasteiger charge is -2.10. The normalized spacial score (nSPS) is 11.8. The first kappa shape index (κ1) is 22.2. The predicted molar refractivity (Wildman–Crippen MR) is 117 cm³/mol. The number of nitrogens with zero attached hydrogens (tertiary/aromatic N) is 5. The number of methoxy groups -OCH3 is 1. The van der Waals surface area contributed by atoms with Crippen LogP contribution in [0.3, 0.4) is 0 Å². The van der Waals surface area contributed by atoms with Gasteiger partial charge < -0.3 is 9.64 Å². The Labute approximate surface area is 181 Å². The van der Waals surface area contributed by atoms with Gasteiger partial charge in [0.2, 0.25) is 5.88 Å². The number of aromatic nitrogens is 4. The van der Waals surface area contributed by atoms with Gasteiger partial charge in [-0.25, -0.2) is 23.1 Å². The summed E-state index contributed by atoms with van der Waals surface area (Å²) in [5.41, 5.74) is 1.32. The second-order valence-electron chi connectivity index (χ2n) is 7.15. The van der Waals surface area contributed by atoms with Crippen LogP contribution in [0.15, 0.2) is 41.4 Å². The largest absolute Gasteiger partial charge is 0.480 e. The van der Waals surface area contributed by atoms with Crippen molar-refractivity contribution in [3.05, 3.63) is 41.6 Å². The van der Waals surface area contributed by atoms with Crippen LogP contribution < -0.4 is 4.74 Å². The van der Waals surface area contributed by atoms with E-state index in [0.29, 0.717) is 40.2 Å². The minimum absolute atomic E-state index is 0.222. The first-order valence-electron chi connectivity index (χ1n) is 9.29. The van der Waals surface area contributed by atoms with E-state index >= 15 is 0 Å². The SMILES string of the molecule is COc1ncc(-c2nc(-c3cccc(S(C)(=O)=O)c3)nn2CCCN(C)C)cc1Cl. The van der Waals surface area contributed by atoms with Crippen molar-refractivity contribution >= 4 is 21.4 Å². The molecule has 2 heterocycles. The van der Waals surface area contributed by atoms with Crippen LogP contribution in [0.5, 0.6) is 5.88 Å². The average molecular weight is 450 g/mol. The van der Waals surface area contributed by atoms with E-state index in [4.69, 9.17) is 16.3 Å². The minimum Gasteiger partial charge on any atom is -0.480 e. The van der Waals surface area contributed by atoms with E-state index < -0.39 is 9.84 Å². The minimum atomic E-state index is -3.34. The maximum atomic E-state index is 11.9. The lowest BCUT2D eigenvalue weighted by atomic mass is 10.2. The highest BCUT2D eigenvalue weighted by Crippen LogP contribution is 2.29. The smallest absolute Gasteiger partial charge is 0.232 e. The third-order valence-corrected chi connectivity index (χ3v) is 5.81. The van der Waals surface area contributed by atoms with Crippen molar-refractivity contribution < 1.29 is 13.2 Å². The molecule has 0 aliphatic heterocycles. The number of hydrogen-bond donors (Lipinski definition) is 0. The van der Waals surface area contributed by atoms with Crippen LogP contribution in [0.4, 0.5) is 0 Å². The van der Waals surface area contributed by atoms with Gasteiger partial charge in [0.1, 0.15) is 5.02 Å². The van der Waals surface area contributed by atoms with E-state index in [2.05, 4.69) is 20.0 Å². The second kappa shape index (κ2) is 9.11. The molecular weight excluding hydrogens is 426 g/mol. The van der Waals surface area contributed by atoms with E-state index in [0.717, 1.165) is 13.0 Å². The Bertz CT molecular complexity index is 1150. The van der Waals surface area contributed by atoms with Crippen molar-refractivity contribution in [2.75, 3.05) is 34.0 Å². The molecule has 0 fully saturated rings. The van der Waals surface area contributed by atoms with Gasteiger partial charge in [-0.15, -0.1) is 0 Å². The number of pyridine rings is 1. The molecule has 160 valence electrons. The molecule has 8 nitrogen and oxygen atoms in total.